The first-order valence-electron chi connectivity index (χ1n) is 22.4. The number of H-pyrrole nitrogens is 1. The highest BCUT2D eigenvalue weighted by atomic mass is 35.5. The zero-order chi connectivity index (χ0) is 47.4. The highest BCUT2D eigenvalue weighted by Gasteiger charge is 2.26. The lowest BCUT2D eigenvalue weighted by atomic mass is 9.89. The van der Waals surface area contributed by atoms with Gasteiger partial charge in [-0.2, -0.15) is 0 Å². The Morgan fingerprint density at radius 2 is 1.04 bits per heavy atom. The van der Waals surface area contributed by atoms with Crippen molar-refractivity contribution in [3.63, 3.8) is 0 Å². The average molecular weight is 985 g/mol. The predicted octanol–water partition coefficient (Wildman–Crippen LogP) is 10.4. The Kier molecular flexibility index (Phi) is 15.0. The number of hydrogen-bond acceptors (Lipinski definition) is 7. The molecule has 348 valence electrons. The maximum absolute atomic E-state index is 13.4. The van der Waals surface area contributed by atoms with Gasteiger partial charge in [-0.3, -0.25) is 37.4 Å². The van der Waals surface area contributed by atoms with Crippen LogP contribution in [0, 0.1) is 11.8 Å². The summed E-state index contributed by atoms with van der Waals surface area (Å²) in [7, 11) is 2.94. The van der Waals surface area contributed by atoms with Gasteiger partial charge in [0.25, 0.3) is 11.1 Å². The maximum atomic E-state index is 13.4. The molecular formula is C50H50Cl4N8O5. The Labute approximate surface area is 405 Å². The van der Waals surface area contributed by atoms with Crippen molar-refractivity contribution in [3.8, 4) is 34.2 Å². The van der Waals surface area contributed by atoms with E-state index in [-0.39, 0.29) is 16.9 Å². The highest BCUT2D eigenvalue weighted by molar-refractivity contribution is 6.33. The van der Waals surface area contributed by atoms with Crippen LogP contribution in [-0.4, -0.2) is 49.5 Å². The molecule has 2 saturated carbocycles. The van der Waals surface area contributed by atoms with Crippen LogP contribution in [0.4, 0.5) is 0 Å². The number of nitrogens with one attached hydrogen (secondary N) is 1. The monoisotopic (exact) mass is 982 g/mol. The summed E-state index contributed by atoms with van der Waals surface area (Å²) in [6, 6.07) is 28.7. The fourth-order valence-corrected chi connectivity index (χ4v) is 9.63. The van der Waals surface area contributed by atoms with Crippen LogP contribution in [0.2, 0.25) is 20.1 Å². The number of rotatable bonds is 7. The molecule has 13 nitrogen and oxygen atoms in total. The van der Waals surface area contributed by atoms with Crippen LogP contribution in [0.1, 0.15) is 64.2 Å². The largest absolute Gasteiger partial charge is 0.396 e. The van der Waals surface area contributed by atoms with Crippen molar-refractivity contribution in [2.45, 2.75) is 70.8 Å². The van der Waals surface area contributed by atoms with Gasteiger partial charge in [-0.1, -0.05) is 109 Å². The number of benzene rings is 4. The van der Waals surface area contributed by atoms with Gasteiger partial charge in [0.05, 0.1) is 10.0 Å². The molecule has 0 atom stereocenters. The molecule has 4 aromatic carbocycles. The number of halogens is 4. The van der Waals surface area contributed by atoms with E-state index in [1.807, 2.05) is 42.5 Å². The Bertz CT molecular complexity index is 3290. The summed E-state index contributed by atoms with van der Waals surface area (Å²) >= 11 is 25.0. The van der Waals surface area contributed by atoms with Crippen molar-refractivity contribution >= 4 is 68.7 Å². The van der Waals surface area contributed by atoms with E-state index in [9.17, 15) is 19.2 Å². The van der Waals surface area contributed by atoms with E-state index in [1.54, 1.807) is 68.3 Å². The van der Waals surface area contributed by atoms with Crippen molar-refractivity contribution in [1.29, 1.82) is 0 Å². The van der Waals surface area contributed by atoms with Crippen LogP contribution in [0.5, 0.6) is 0 Å². The molecule has 0 amide bonds. The smallest absolute Gasteiger partial charge is 0.332 e. The molecule has 67 heavy (non-hydrogen) atoms. The zero-order valence-electron chi connectivity index (χ0n) is 37.1. The molecule has 0 aliphatic heterocycles. The maximum Gasteiger partial charge on any atom is 0.332 e. The van der Waals surface area contributed by atoms with Crippen LogP contribution in [-0.2, 0) is 20.6 Å². The highest BCUT2D eigenvalue weighted by Crippen LogP contribution is 2.34. The van der Waals surface area contributed by atoms with Crippen LogP contribution >= 0.6 is 46.4 Å². The molecule has 0 unspecified atom stereocenters. The molecule has 2 N–H and O–H groups in total. The molecule has 0 saturated heterocycles. The van der Waals surface area contributed by atoms with Crippen LogP contribution < -0.4 is 22.5 Å². The molecular weight excluding hydrogens is 934 g/mol. The third-order valence-electron chi connectivity index (χ3n) is 12.6. The van der Waals surface area contributed by atoms with Gasteiger partial charge >= 0.3 is 11.4 Å². The number of imidazole rings is 2. The van der Waals surface area contributed by atoms with E-state index in [2.05, 4.69) is 9.97 Å². The van der Waals surface area contributed by atoms with Crippen molar-refractivity contribution in [2.75, 3.05) is 6.61 Å². The first-order valence-corrected chi connectivity index (χ1v) is 23.9. The molecule has 10 rings (SSSR count). The molecule has 8 aromatic rings. The number of aromatic amines is 1. The fourth-order valence-electron chi connectivity index (χ4n) is 8.94. The van der Waals surface area contributed by atoms with E-state index in [0.717, 1.165) is 23.1 Å². The molecule has 4 heterocycles. The van der Waals surface area contributed by atoms with Crippen molar-refractivity contribution in [1.82, 2.24) is 37.8 Å². The summed E-state index contributed by atoms with van der Waals surface area (Å²) in [5.41, 5.74) is 2.19. The Morgan fingerprint density at radius 3 is 1.54 bits per heavy atom. The molecule has 0 spiro atoms. The second-order valence-corrected chi connectivity index (χ2v) is 18.8. The zero-order valence-corrected chi connectivity index (χ0v) is 40.1. The number of aliphatic hydroxyl groups is 1. The van der Waals surface area contributed by atoms with Crippen molar-refractivity contribution in [2.24, 2.45) is 25.9 Å². The van der Waals surface area contributed by atoms with Gasteiger partial charge in [0, 0.05) is 59.8 Å². The number of fused-ring (bicyclic) bond motifs is 2. The minimum Gasteiger partial charge on any atom is -0.396 e. The van der Waals surface area contributed by atoms with E-state index >= 15 is 0 Å². The van der Waals surface area contributed by atoms with E-state index in [0.29, 0.717) is 84.7 Å². The Hall–Kier alpha value is -5.70. The third-order valence-corrected chi connectivity index (χ3v) is 13.8. The van der Waals surface area contributed by atoms with Gasteiger partial charge in [0.2, 0.25) is 0 Å². The SMILES string of the molecule is Cn1c(=O)[nH]c2nc(-c3ccccc3Cl)n(-c3ccc(Cl)cc3)c2c1=O.Cn1c(=O)c2c(nc(-c3ccccc3Cl)n2-c2ccc(Cl)cc2)n(CC2CCCCC2)c1=O.OCC1CCCCC1. The Morgan fingerprint density at radius 1 is 0.582 bits per heavy atom. The topological polar surface area (TPSA) is 155 Å². The first-order chi connectivity index (χ1) is 32.4. The molecule has 2 aliphatic rings. The number of hydrogen-bond donors (Lipinski definition) is 2. The Balaban J connectivity index is 0.000000159. The first kappa shape index (κ1) is 47.8. The van der Waals surface area contributed by atoms with Gasteiger partial charge in [0.15, 0.2) is 22.3 Å². The van der Waals surface area contributed by atoms with Gasteiger partial charge < -0.3 is 5.11 Å². The van der Waals surface area contributed by atoms with Crippen LogP contribution in [0.25, 0.3) is 56.5 Å². The molecule has 0 radical (unpaired) electrons. The second-order valence-electron chi connectivity index (χ2n) is 17.1. The lowest BCUT2D eigenvalue weighted by molar-refractivity contribution is 0.190. The minimum absolute atomic E-state index is 0.197. The van der Waals surface area contributed by atoms with E-state index in [4.69, 9.17) is 56.5 Å². The standard InChI is InChI=1S/C25H24Cl2N4O2.C18H12Cl2N4O2.C7H14O/c1-29-24(32)21-23(30(25(29)33)15-16-7-3-2-4-8-16)28-22(19-9-5-6-10-20(19)27)31(21)18-13-11-17(26)12-14-18;1-23-17(25)14-15(22-18(23)26)21-16(12-4-2-3-5-13(12)20)24(14)11-8-6-10(19)7-9-11;8-6-7-4-2-1-3-5-7/h5-6,9-14,16H,2-4,7-8,15H2,1H3;2-9H,1H3,(H,22,26);7-8H,1-6H2. The summed E-state index contributed by atoms with van der Waals surface area (Å²) in [4.78, 5) is 63.4. The number of aliphatic hydroxyl groups excluding tert-OH is 1. The predicted molar refractivity (Wildman–Crippen MR) is 269 cm³/mol. The van der Waals surface area contributed by atoms with E-state index < -0.39 is 16.8 Å². The lowest BCUT2D eigenvalue weighted by Gasteiger charge is -2.22. The fraction of sp³-hybridized carbons (Fsp3) is 0.320. The number of nitrogens with zero attached hydrogens (tertiary/aromatic N) is 7. The normalized spacial score (nSPS) is 14.4. The summed E-state index contributed by atoms with van der Waals surface area (Å²) < 4.78 is 7.30. The van der Waals surface area contributed by atoms with Crippen LogP contribution in [0.3, 0.4) is 0 Å². The summed E-state index contributed by atoms with van der Waals surface area (Å²) in [6.07, 6.45) is 12.3. The third kappa shape index (κ3) is 10.1. The van der Waals surface area contributed by atoms with Gasteiger partial charge in [-0.25, -0.2) is 19.6 Å². The lowest BCUT2D eigenvalue weighted by Crippen LogP contribution is -2.40. The van der Waals surface area contributed by atoms with E-state index in [1.165, 1.54) is 70.0 Å². The van der Waals surface area contributed by atoms with Crippen molar-refractivity contribution < 1.29 is 5.11 Å². The molecule has 2 aliphatic carbocycles. The van der Waals surface area contributed by atoms with Gasteiger partial charge in [-0.05, 0) is 110 Å². The minimum atomic E-state index is -0.533. The summed E-state index contributed by atoms with van der Waals surface area (Å²) in [5, 5.41) is 10.8. The van der Waals surface area contributed by atoms with Crippen LogP contribution in [0.15, 0.2) is 116 Å². The quantitative estimate of drug-likeness (QED) is 0.161. The second kappa shape index (κ2) is 21.1. The van der Waals surface area contributed by atoms with Gasteiger partial charge in [0.1, 0.15) is 11.6 Å². The summed E-state index contributed by atoms with van der Waals surface area (Å²) in [5.74, 6) is 2.00. The average Bonchev–Trinajstić information content (AvgIpc) is 3.93. The number of aromatic nitrogens is 8. The molecule has 2 fully saturated rings. The molecule has 17 heteroatoms. The molecule has 0 bridgehead atoms. The summed E-state index contributed by atoms with van der Waals surface area (Å²) in [6.45, 7) is 0.961. The van der Waals surface area contributed by atoms with Crippen molar-refractivity contribution in [3.05, 3.63) is 159 Å². The van der Waals surface area contributed by atoms with Gasteiger partial charge in [-0.15, -0.1) is 0 Å². The molecule has 4 aromatic heterocycles.